The summed E-state index contributed by atoms with van der Waals surface area (Å²) in [7, 11) is 0. The number of rotatable bonds is 3. The lowest BCUT2D eigenvalue weighted by Crippen LogP contribution is -2.27. The smallest absolute Gasteiger partial charge is 0.281 e. The molecule has 28 heavy (non-hydrogen) atoms. The Morgan fingerprint density at radius 1 is 1.25 bits per heavy atom. The molecule has 7 nitrogen and oxygen atoms in total. The van der Waals surface area contributed by atoms with Crippen molar-refractivity contribution in [3.05, 3.63) is 68.3 Å². The van der Waals surface area contributed by atoms with Crippen molar-refractivity contribution in [1.29, 1.82) is 0 Å². The summed E-state index contributed by atoms with van der Waals surface area (Å²) < 4.78 is 15.3. The van der Waals surface area contributed by atoms with Crippen molar-refractivity contribution in [2.75, 3.05) is 5.32 Å². The van der Waals surface area contributed by atoms with Gasteiger partial charge in [0.2, 0.25) is 5.43 Å². The first kappa shape index (κ1) is 18.2. The van der Waals surface area contributed by atoms with Crippen LogP contribution in [0.1, 0.15) is 44.4 Å². The van der Waals surface area contributed by atoms with Crippen molar-refractivity contribution < 1.29 is 14.0 Å². The average Bonchev–Trinajstić information content (AvgIpc) is 3.06. The molecule has 1 aromatic carbocycles. The first-order chi connectivity index (χ1) is 13.4. The van der Waals surface area contributed by atoms with Crippen molar-refractivity contribution in [2.45, 2.75) is 26.2 Å². The van der Waals surface area contributed by atoms with Crippen LogP contribution in [0.15, 0.2) is 35.1 Å². The third-order valence-electron chi connectivity index (χ3n) is 4.39. The highest BCUT2D eigenvalue weighted by atomic mass is 32.1. The lowest BCUT2D eigenvalue weighted by molar-refractivity contribution is 0.0975. The second-order valence-electron chi connectivity index (χ2n) is 6.39. The van der Waals surface area contributed by atoms with Gasteiger partial charge in [-0.3, -0.25) is 19.7 Å². The fourth-order valence-corrected chi connectivity index (χ4v) is 4.03. The normalized spacial score (nSPS) is 13.3. The summed E-state index contributed by atoms with van der Waals surface area (Å²) in [5.74, 6) is -1.28. The van der Waals surface area contributed by atoms with Crippen molar-refractivity contribution in [1.82, 2.24) is 14.8 Å². The Balaban J connectivity index is 1.68. The van der Waals surface area contributed by atoms with Crippen LogP contribution in [0.4, 0.5) is 9.52 Å². The second-order valence-corrected chi connectivity index (χ2v) is 7.39. The van der Waals surface area contributed by atoms with E-state index >= 15 is 0 Å². The summed E-state index contributed by atoms with van der Waals surface area (Å²) >= 11 is 1.09. The Morgan fingerprint density at radius 2 is 2.04 bits per heavy atom. The molecule has 1 aliphatic carbocycles. The highest BCUT2D eigenvalue weighted by molar-refractivity contribution is 7.17. The predicted octanol–water partition coefficient (Wildman–Crippen LogP) is 2.91. The number of hydrogen-bond acceptors (Lipinski definition) is 6. The number of aromatic nitrogens is 3. The van der Waals surface area contributed by atoms with Crippen LogP contribution in [0, 0.1) is 12.7 Å². The average molecular weight is 398 g/mol. The number of benzene rings is 1. The molecule has 0 saturated heterocycles. The molecule has 0 spiro atoms. The zero-order chi connectivity index (χ0) is 19.8. The van der Waals surface area contributed by atoms with Gasteiger partial charge in [0.05, 0.1) is 10.6 Å². The highest BCUT2D eigenvalue weighted by Gasteiger charge is 2.24. The Hall–Kier alpha value is -3.20. The number of hydrogen-bond donors (Lipinski definition) is 1. The summed E-state index contributed by atoms with van der Waals surface area (Å²) in [5.41, 5.74) is 0.219. The fourth-order valence-electron chi connectivity index (χ4n) is 3.05. The van der Waals surface area contributed by atoms with Gasteiger partial charge < -0.3 is 0 Å². The third kappa shape index (κ3) is 3.24. The van der Waals surface area contributed by atoms with Crippen molar-refractivity contribution >= 4 is 28.2 Å². The molecule has 4 rings (SSSR count). The first-order valence-corrected chi connectivity index (χ1v) is 9.46. The van der Waals surface area contributed by atoms with E-state index in [1.807, 2.05) is 0 Å². The maximum Gasteiger partial charge on any atom is 0.281 e. The van der Waals surface area contributed by atoms with Gasteiger partial charge in [-0.05, 0) is 31.9 Å². The molecule has 1 amide bonds. The lowest BCUT2D eigenvalue weighted by Gasteiger charge is -2.11. The maximum absolute atomic E-state index is 14.1. The number of ketones is 1. The molecule has 0 bridgehead atoms. The minimum absolute atomic E-state index is 0.00891. The molecule has 2 heterocycles. The summed E-state index contributed by atoms with van der Waals surface area (Å²) in [5, 5.41) is 6.83. The van der Waals surface area contributed by atoms with Gasteiger partial charge >= 0.3 is 0 Å². The molecule has 0 unspecified atom stereocenters. The van der Waals surface area contributed by atoms with E-state index in [0.29, 0.717) is 29.1 Å². The van der Waals surface area contributed by atoms with Crippen LogP contribution in [-0.2, 0) is 6.42 Å². The number of carbonyl (C=O) groups is 2. The van der Waals surface area contributed by atoms with Crippen LogP contribution in [0.5, 0.6) is 0 Å². The zero-order valence-corrected chi connectivity index (χ0v) is 15.7. The van der Waals surface area contributed by atoms with Crippen molar-refractivity contribution in [3.8, 4) is 5.69 Å². The second kappa shape index (κ2) is 7.08. The molecule has 2 aromatic heterocycles. The van der Waals surface area contributed by atoms with Gasteiger partial charge in [-0.2, -0.15) is 5.10 Å². The Labute approximate surface area is 162 Å². The van der Waals surface area contributed by atoms with Crippen LogP contribution in [-0.4, -0.2) is 26.5 Å². The number of amides is 1. The minimum Gasteiger partial charge on any atom is -0.296 e. The molecule has 1 N–H and O–H groups in total. The van der Waals surface area contributed by atoms with Gasteiger partial charge in [0.15, 0.2) is 16.6 Å². The highest BCUT2D eigenvalue weighted by Crippen LogP contribution is 2.29. The molecule has 142 valence electrons. The third-order valence-corrected chi connectivity index (χ3v) is 5.45. The van der Waals surface area contributed by atoms with E-state index in [2.05, 4.69) is 15.4 Å². The molecular formula is C19H15FN4O3S. The van der Waals surface area contributed by atoms with Gasteiger partial charge in [-0.25, -0.2) is 14.1 Å². The number of halogens is 1. The van der Waals surface area contributed by atoms with Crippen LogP contribution < -0.4 is 10.7 Å². The predicted molar refractivity (Wildman–Crippen MR) is 102 cm³/mol. The molecule has 0 fully saturated rings. The van der Waals surface area contributed by atoms with Gasteiger partial charge in [0.1, 0.15) is 11.5 Å². The standard InChI is InChI=1S/C19H15FN4O3S/c1-10-9-15(26)16(23-24(10)13-7-3-2-5-11(13)20)18(27)22-19-21-12-6-4-8-14(25)17(12)28-19/h2-3,5,7,9H,4,6,8H2,1H3,(H,21,22,27). The molecule has 1 aliphatic rings. The quantitative estimate of drug-likeness (QED) is 0.732. The van der Waals surface area contributed by atoms with Gasteiger partial charge in [0, 0.05) is 18.2 Å². The van der Waals surface area contributed by atoms with Crippen LogP contribution in [0.2, 0.25) is 0 Å². The SMILES string of the molecule is Cc1cc(=O)c(C(=O)Nc2nc3c(s2)C(=O)CCC3)nn1-c1ccccc1F. The molecule has 0 atom stereocenters. The number of thiazole rings is 1. The van der Waals surface area contributed by atoms with Gasteiger partial charge in [-0.1, -0.05) is 23.5 Å². The van der Waals surface area contributed by atoms with Crippen LogP contribution in [0.25, 0.3) is 5.69 Å². The van der Waals surface area contributed by atoms with Crippen molar-refractivity contribution in [2.24, 2.45) is 0 Å². The number of para-hydroxylation sites is 1. The van der Waals surface area contributed by atoms with E-state index in [1.54, 1.807) is 13.0 Å². The monoisotopic (exact) mass is 398 g/mol. The largest absolute Gasteiger partial charge is 0.296 e. The number of carbonyl (C=O) groups excluding carboxylic acids is 2. The van der Waals surface area contributed by atoms with Crippen LogP contribution >= 0.6 is 11.3 Å². The number of nitrogens with one attached hydrogen (secondary N) is 1. The van der Waals surface area contributed by atoms with E-state index in [-0.39, 0.29) is 22.3 Å². The molecule has 0 aliphatic heterocycles. The minimum atomic E-state index is -0.756. The first-order valence-electron chi connectivity index (χ1n) is 8.64. The lowest BCUT2D eigenvalue weighted by atomic mass is 10.0. The topological polar surface area (TPSA) is 93.9 Å². The number of fused-ring (bicyclic) bond motifs is 1. The number of Topliss-reactive ketones (excluding diaryl/α,β-unsaturated/α-hetero) is 1. The van der Waals surface area contributed by atoms with Crippen LogP contribution in [0.3, 0.4) is 0 Å². The summed E-state index contributed by atoms with van der Waals surface area (Å²) in [4.78, 5) is 41.7. The summed E-state index contributed by atoms with van der Waals surface area (Å²) in [6.45, 7) is 1.60. The van der Waals surface area contributed by atoms with E-state index in [9.17, 15) is 18.8 Å². The molecular weight excluding hydrogens is 383 g/mol. The molecule has 0 saturated carbocycles. The number of aryl methyl sites for hydroxylation is 2. The van der Waals surface area contributed by atoms with Crippen molar-refractivity contribution in [3.63, 3.8) is 0 Å². The van der Waals surface area contributed by atoms with E-state index < -0.39 is 17.2 Å². The summed E-state index contributed by atoms with van der Waals surface area (Å²) in [6.07, 6.45) is 1.88. The van der Waals surface area contributed by atoms with E-state index in [0.717, 1.165) is 17.8 Å². The Kier molecular flexibility index (Phi) is 4.60. The molecule has 0 radical (unpaired) electrons. The Bertz CT molecular complexity index is 1170. The Morgan fingerprint density at radius 3 is 2.79 bits per heavy atom. The number of anilines is 1. The van der Waals surface area contributed by atoms with Gasteiger partial charge in [0.25, 0.3) is 5.91 Å². The maximum atomic E-state index is 14.1. The molecule has 3 aromatic rings. The number of nitrogens with zero attached hydrogens (tertiary/aromatic N) is 3. The van der Waals surface area contributed by atoms with E-state index in [4.69, 9.17) is 0 Å². The fraction of sp³-hybridized carbons (Fsp3) is 0.211. The van der Waals surface area contributed by atoms with Gasteiger partial charge in [-0.15, -0.1) is 0 Å². The molecule has 9 heteroatoms. The zero-order valence-electron chi connectivity index (χ0n) is 14.9. The summed E-state index contributed by atoms with van der Waals surface area (Å²) in [6, 6.07) is 7.17. The van der Waals surface area contributed by atoms with E-state index in [1.165, 1.54) is 28.9 Å².